The standard InChI is InChI=1S/C46H62N6O8S.C19H31N4O9P/c1-6-11-16-25-47-45(55)39(32-61(57,58)59)48-42(53)19-14-15-20-43(54)51-26-28-52(29-27-51)46(56)36-18-13-12-17-35(36)44-37-23-21-33(49(7-2)8-3)30-40(37)60-41-31-34(22-24-38(41)44)50(9-4)10-5;1-14(24)22-15(7-13-33(29,30)31)19(28)21-8-3-2-4-16(25)20-9-11-32-12-10-23-17(26)5-6-18(23)27/h12-13,17-18,21-24,30-31,39H,6-11,14-16,19-20,25-29,32H2,1-5H3,(H2-,47,48,53,55,57,58,59);5-6,15H,2-4,7-13H2,1H3,(H,20,25)(H,21,28)(H,22,24)(H2,29,30,31). The first kappa shape index (κ1) is 76.8. The summed E-state index contributed by atoms with van der Waals surface area (Å²) < 4.78 is 59.4. The molecule has 9 amide bonds. The molecular formula is C65H93N10O17PS. The molecule has 3 heterocycles. The third kappa shape index (κ3) is 24.8. The monoisotopic (exact) mass is 1350 g/mol. The first-order chi connectivity index (χ1) is 44.8. The van der Waals surface area contributed by atoms with Crippen molar-refractivity contribution in [2.24, 2.45) is 0 Å². The highest BCUT2D eigenvalue weighted by molar-refractivity contribution is 7.85. The van der Waals surface area contributed by atoms with Crippen LogP contribution in [0.15, 0.2) is 77.2 Å². The first-order valence-electron chi connectivity index (χ1n) is 32.3. The lowest BCUT2D eigenvalue weighted by Crippen LogP contribution is -2.50. The van der Waals surface area contributed by atoms with Crippen molar-refractivity contribution in [1.29, 1.82) is 0 Å². The predicted molar refractivity (Wildman–Crippen MR) is 354 cm³/mol. The number of hydrogen-bond acceptors (Lipinski definition) is 16. The third-order valence-corrected chi connectivity index (χ3v) is 17.5. The number of hydrogen-bond donors (Lipinski definition) is 7. The molecule has 6 rings (SSSR count). The van der Waals surface area contributed by atoms with Crippen LogP contribution >= 0.6 is 7.60 Å². The van der Waals surface area contributed by atoms with Crippen molar-refractivity contribution in [2.45, 2.75) is 124 Å². The number of carbonyl (C=O) groups excluding carboxylic acids is 9. The highest BCUT2D eigenvalue weighted by Gasteiger charge is 2.30. The van der Waals surface area contributed by atoms with E-state index in [2.05, 4.69) is 100 Å². The molecule has 2 aromatic rings. The number of nitrogens with zero attached hydrogens (tertiary/aromatic N) is 5. The average molecular weight is 1350 g/mol. The van der Waals surface area contributed by atoms with Crippen LogP contribution in [0.3, 0.4) is 0 Å². The van der Waals surface area contributed by atoms with Gasteiger partial charge in [-0.2, -0.15) is 0 Å². The highest BCUT2D eigenvalue weighted by Crippen LogP contribution is 2.42. The maximum atomic E-state index is 14.4. The minimum atomic E-state index is -4.77. The van der Waals surface area contributed by atoms with E-state index in [9.17, 15) is 60.7 Å². The molecule has 0 bridgehead atoms. The summed E-state index contributed by atoms with van der Waals surface area (Å²) in [6, 6.07) is 17.7. The van der Waals surface area contributed by atoms with E-state index in [4.69, 9.17) is 18.9 Å². The van der Waals surface area contributed by atoms with Crippen molar-refractivity contribution in [2.75, 3.05) is 109 Å². The number of ether oxygens (including phenoxy) is 1. The van der Waals surface area contributed by atoms with Gasteiger partial charge in [0.1, 0.15) is 36.5 Å². The fourth-order valence-corrected chi connectivity index (χ4v) is 12.1. The Balaban J connectivity index is 0.000000410. The average Bonchev–Trinajstić information content (AvgIpc) is 0.822. The molecule has 0 saturated carbocycles. The Kier molecular flexibility index (Phi) is 31.4. The smallest absolute Gasteiger partial charge is 0.325 e. The van der Waals surface area contributed by atoms with Crippen LogP contribution in [0, 0.1) is 0 Å². The number of amides is 9. The van der Waals surface area contributed by atoms with Gasteiger partial charge in [0, 0.05) is 137 Å². The van der Waals surface area contributed by atoms with Crippen LogP contribution in [-0.4, -0.2) is 206 Å². The summed E-state index contributed by atoms with van der Waals surface area (Å²) in [5.74, 6) is -3.78. The summed E-state index contributed by atoms with van der Waals surface area (Å²) in [6.45, 7) is 18.0. The second kappa shape index (κ2) is 38.5. The minimum Gasteiger partial charge on any atom is -0.748 e. The van der Waals surface area contributed by atoms with E-state index in [-0.39, 0.29) is 88.1 Å². The lowest BCUT2D eigenvalue weighted by molar-refractivity contribution is -0.138. The Labute approximate surface area is 549 Å². The molecule has 1 aliphatic carbocycles. The van der Waals surface area contributed by atoms with Crippen LogP contribution < -0.4 is 41.4 Å². The molecule has 4 aliphatic rings. The van der Waals surface area contributed by atoms with E-state index < -0.39 is 65.3 Å². The maximum Gasteiger partial charge on any atom is 0.325 e. The summed E-state index contributed by atoms with van der Waals surface area (Å²) in [6.07, 6.45) is 6.24. The molecule has 0 spiro atoms. The fraction of sp³-hybridized carbons (Fsp3) is 0.538. The van der Waals surface area contributed by atoms with E-state index in [1.54, 1.807) is 9.80 Å². The molecule has 3 aliphatic heterocycles. The van der Waals surface area contributed by atoms with Crippen molar-refractivity contribution >= 4 is 87.5 Å². The van der Waals surface area contributed by atoms with Crippen molar-refractivity contribution < 1.29 is 79.6 Å². The Morgan fingerprint density at radius 2 is 1.33 bits per heavy atom. The number of anilines is 1. The largest absolute Gasteiger partial charge is 0.748 e. The Morgan fingerprint density at radius 1 is 0.713 bits per heavy atom. The van der Waals surface area contributed by atoms with Gasteiger partial charge in [0.2, 0.25) is 40.8 Å². The Bertz CT molecular complexity index is 3480. The molecule has 0 radical (unpaired) electrons. The van der Waals surface area contributed by atoms with E-state index in [1.165, 1.54) is 19.1 Å². The zero-order chi connectivity index (χ0) is 69.0. The molecule has 0 aromatic heterocycles. The van der Waals surface area contributed by atoms with Gasteiger partial charge >= 0.3 is 7.60 Å². The molecule has 29 heteroatoms. The normalized spacial score (nSPS) is 13.9. The van der Waals surface area contributed by atoms with Crippen LogP contribution in [0.1, 0.15) is 123 Å². The van der Waals surface area contributed by atoms with Gasteiger partial charge in [-0.3, -0.25) is 52.6 Å². The predicted octanol–water partition coefficient (Wildman–Crippen LogP) is 3.45. The number of carbonyl (C=O) groups is 9. The zero-order valence-corrected chi connectivity index (χ0v) is 56.5. The van der Waals surface area contributed by atoms with E-state index in [0.717, 1.165) is 88.4 Å². The van der Waals surface area contributed by atoms with Crippen molar-refractivity contribution in [3.8, 4) is 22.5 Å². The van der Waals surface area contributed by atoms with Gasteiger partial charge in [0.05, 0.1) is 47.9 Å². The molecule has 94 heavy (non-hydrogen) atoms. The topological polar surface area (TPSA) is 367 Å². The molecular weight excluding hydrogens is 1260 g/mol. The van der Waals surface area contributed by atoms with Gasteiger partial charge in [-0.25, -0.2) is 13.0 Å². The fourth-order valence-electron chi connectivity index (χ4n) is 10.8. The highest BCUT2D eigenvalue weighted by atomic mass is 32.2. The SMILES string of the molecule is CC(=O)NC(CCP(=O)(O)O)C(=O)NCCCCC(=O)NCCOCCN1C(=O)C=CC1=O.CCCCCNC(=O)C(CS(=O)(=O)[O-])NC(=O)CCCCC(=O)N1CCN(C(=O)c2ccccc2-c2c3ccc(=[N+](CC)CC)cc-3oc3cc(N(CC)CC)ccc23)CC1. The summed E-state index contributed by atoms with van der Waals surface area (Å²) in [4.78, 5) is 135. The Morgan fingerprint density at radius 3 is 1.96 bits per heavy atom. The van der Waals surface area contributed by atoms with Gasteiger partial charge in [0.25, 0.3) is 17.7 Å². The molecule has 1 saturated heterocycles. The molecule has 1 fully saturated rings. The van der Waals surface area contributed by atoms with Crippen molar-refractivity contribution in [3.05, 3.63) is 83.7 Å². The lowest BCUT2D eigenvalue weighted by atomic mass is 9.90. The number of imide groups is 1. The summed E-state index contributed by atoms with van der Waals surface area (Å²) in [5.41, 5.74) is 5.01. The quantitative estimate of drug-likeness (QED) is 0.00856. The van der Waals surface area contributed by atoms with Crippen LogP contribution in [0.4, 0.5) is 5.69 Å². The number of piperazine rings is 1. The first-order valence-corrected chi connectivity index (χ1v) is 35.7. The van der Waals surface area contributed by atoms with E-state index in [1.807, 2.05) is 31.2 Å². The second-order valence-electron chi connectivity index (χ2n) is 22.8. The molecule has 2 unspecified atom stereocenters. The molecule has 27 nitrogen and oxygen atoms in total. The van der Waals surface area contributed by atoms with Gasteiger partial charge in [-0.15, -0.1) is 0 Å². The van der Waals surface area contributed by atoms with Crippen LogP contribution in [0.5, 0.6) is 0 Å². The van der Waals surface area contributed by atoms with Gasteiger partial charge < -0.3 is 64.8 Å². The minimum absolute atomic E-state index is 0.0399. The lowest BCUT2D eigenvalue weighted by Gasteiger charge is -2.35. The van der Waals surface area contributed by atoms with Crippen molar-refractivity contribution in [1.82, 2.24) is 45.9 Å². The maximum absolute atomic E-state index is 14.4. The van der Waals surface area contributed by atoms with Gasteiger partial charge in [-0.05, 0) is 96.0 Å². The molecule has 7 N–H and O–H groups in total. The number of nitrogens with one attached hydrogen (secondary N) is 5. The van der Waals surface area contributed by atoms with Crippen LogP contribution in [0.25, 0.3) is 33.4 Å². The molecule has 516 valence electrons. The molecule has 2 aromatic carbocycles. The number of rotatable bonds is 36. The van der Waals surface area contributed by atoms with E-state index >= 15 is 0 Å². The van der Waals surface area contributed by atoms with Crippen molar-refractivity contribution in [3.63, 3.8) is 0 Å². The Hall–Kier alpha value is -7.88. The van der Waals surface area contributed by atoms with E-state index in [0.29, 0.717) is 70.4 Å². The van der Waals surface area contributed by atoms with Gasteiger partial charge in [0.15, 0.2) is 0 Å². The summed E-state index contributed by atoms with van der Waals surface area (Å²) in [5, 5.41) is 14.5. The number of benzene rings is 3. The molecule has 2 atom stereocenters. The number of unbranched alkanes of at least 4 members (excludes halogenated alkanes) is 4. The van der Waals surface area contributed by atoms with Crippen LogP contribution in [-0.2, 0) is 57.8 Å². The zero-order valence-electron chi connectivity index (χ0n) is 54.8. The van der Waals surface area contributed by atoms with Crippen LogP contribution in [0.2, 0.25) is 0 Å². The number of fused-ring (bicyclic) bond motifs is 2. The second-order valence-corrected chi connectivity index (χ2v) is 26.0. The summed E-state index contributed by atoms with van der Waals surface area (Å²) >= 11 is 0. The van der Waals surface area contributed by atoms with Gasteiger partial charge in [-0.1, -0.05) is 38.0 Å². The summed E-state index contributed by atoms with van der Waals surface area (Å²) in [7, 11) is -9.06. The third-order valence-electron chi connectivity index (χ3n) is 15.9.